The molecule has 0 saturated carbocycles. The zero-order valence-corrected chi connectivity index (χ0v) is 15.1. The number of carbonyl (C=O) groups is 2. The zero-order valence-electron chi connectivity index (χ0n) is 14.3. The van der Waals surface area contributed by atoms with E-state index >= 15 is 0 Å². The predicted octanol–water partition coefficient (Wildman–Crippen LogP) is 3.26. The maximum absolute atomic E-state index is 12.7. The van der Waals surface area contributed by atoms with Crippen LogP contribution in [0.3, 0.4) is 0 Å². The first-order valence-corrected chi connectivity index (χ1v) is 9.17. The molecule has 132 valence electrons. The number of para-hydroxylation sites is 1. The molecule has 1 amide bonds. The van der Waals surface area contributed by atoms with Crippen molar-refractivity contribution >= 4 is 29.1 Å². The van der Waals surface area contributed by atoms with Crippen LogP contribution in [-0.4, -0.2) is 32.2 Å². The van der Waals surface area contributed by atoms with Crippen molar-refractivity contribution in [1.82, 2.24) is 14.8 Å². The molecule has 1 heterocycles. The van der Waals surface area contributed by atoms with Crippen LogP contribution in [0.1, 0.15) is 22.8 Å². The molecule has 0 saturated heterocycles. The largest absolute Gasteiger partial charge is 0.325 e. The van der Waals surface area contributed by atoms with Crippen LogP contribution in [0.15, 0.2) is 66.1 Å². The van der Waals surface area contributed by atoms with Crippen LogP contribution in [0.4, 0.5) is 5.69 Å². The number of aryl methyl sites for hydroxylation is 1. The fourth-order valence-electron chi connectivity index (χ4n) is 2.42. The summed E-state index contributed by atoms with van der Waals surface area (Å²) in [7, 11) is 0. The highest BCUT2D eigenvalue weighted by Gasteiger charge is 2.15. The Morgan fingerprint density at radius 3 is 2.58 bits per heavy atom. The monoisotopic (exact) mass is 366 g/mol. The van der Waals surface area contributed by atoms with Gasteiger partial charge in [0.1, 0.15) is 6.33 Å². The molecule has 1 aromatic heterocycles. The quantitative estimate of drug-likeness (QED) is 0.513. The summed E-state index contributed by atoms with van der Waals surface area (Å²) in [6.45, 7) is 2.73. The molecule has 2 aromatic carbocycles. The standard InChI is InChI=1S/C19H18N4O2S/c1-2-23-13-20-22-19(23)26-12-17(24)21-16-11-7-6-10-15(16)18(25)14-8-4-3-5-9-14/h3-11,13H,2,12H2,1H3,(H,21,24). The average molecular weight is 366 g/mol. The third-order valence-corrected chi connectivity index (χ3v) is 4.72. The van der Waals surface area contributed by atoms with Gasteiger partial charge in [-0.15, -0.1) is 10.2 Å². The lowest BCUT2D eigenvalue weighted by molar-refractivity contribution is -0.113. The molecule has 0 aliphatic rings. The summed E-state index contributed by atoms with van der Waals surface area (Å²) in [5.74, 6) is -0.138. The van der Waals surface area contributed by atoms with E-state index in [4.69, 9.17) is 0 Å². The van der Waals surface area contributed by atoms with Gasteiger partial charge in [-0.1, -0.05) is 54.2 Å². The van der Waals surface area contributed by atoms with Gasteiger partial charge in [-0.05, 0) is 19.1 Å². The molecular weight excluding hydrogens is 348 g/mol. The van der Waals surface area contributed by atoms with Crippen LogP contribution >= 0.6 is 11.8 Å². The van der Waals surface area contributed by atoms with Crippen molar-refractivity contribution in [2.75, 3.05) is 11.1 Å². The Hall–Kier alpha value is -2.93. The first kappa shape index (κ1) is 17.9. The molecule has 0 aliphatic carbocycles. The van der Waals surface area contributed by atoms with Crippen molar-refractivity contribution in [2.24, 2.45) is 0 Å². The van der Waals surface area contributed by atoms with Crippen molar-refractivity contribution < 1.29 is 9.59 Å². The molecule has 26 heavy (non-hydrogen) atoms. The Labute approximate surface area is 155 Å². The van der Waals surface area contributed by atoms with E-state index in [2.05, 4.69) is 15.5 Å². The number of hydrogen-bond donors (Lipinski definition) is 1. The predicted molar refractivity (Wildman–Crippen MR) is 101 cm³/mol. The molecule has 6 nitrogen and oxygen atoms in total. The Bertz CT molecular complexity index is 909. The first-order valence-electron chi connectivity index (χ1n) is 8.18. The molecule has 1 N–H and O–H groups in total. The van der Waals surface area contributed by atoms with E-state index in [1.807, 2.05) is 29.7 Å². The van der Waals surface area contributed by atoms with Crippen LogP contribution in [0.2, 0.25) is 0 Å². The van der Waals surface area contributed by atoms with Crippen molar-refractivity contribution in [3.63, 3.8) is 0 Å². The van der Waals surface area contributed by atoms with Gasteiger partial charge in [0, 0.05) is 17.7 Å². The number of ketones is 1. The van der Waals surface area contributed by atoms with E-state index in [0.29, 0.717) is 22.0 Å². The molecule has 0 fully saturated rings. The third-order valence-electron chi connectivity index (χ3n) is 3.73. The number of aromatic nitrogens is 3. The van der Waals surface area contributed by atoms with E-state index in [0.717, 1.165) is 6.54 Å². The Kier molecular flexibility index (Phi) is 5.80. The molecule has 3 aromatic rings. The zero-order chi connectivity index (χ0) is 18.4. The molecule has 0 bridgehead atoms. The molecule has 0 spiro atoms. The summed E-state index contributed by atoms with van der Waals surface area (Å²) < 4.78 is 1.87. The molecule has 3 rings (SSSR count). The van der Waals surface area contributed by atoms with Gasteiger partial charge in [0.2, 0.25) is 5.91 Å². The molecule has 7 heteroatoms. The highest BCUT2D eigenvalue weighted by atomic mass is 32.2. The van der Waals surface area contributed by atoms with E-state index in [1.54, 1.807) is 42.7 Å². The smallest absolute Gasteiger partial charge is 0.234 e. The molecule has 0 unspecified atom stereocenters. The number of amides is 1. The normalized spacial score (nSPS) is 10.5. The van der Waals surface area contributed by atoms with E-state index < -0.39 is 0 Å². The molecule has 0 aliphatic heterocycles. The minimum absolute atomic E-state index is 0.125. The van der Waals surface area contributed by atoms with E-state index in [9.17, 15) is 9.59 Å². The lowest BCUT2D eigenvalue weighted by Gasteiger charge is -2.10. The number of anilines is 1. The number of rotatable bonds is 7. The number of benzene rings is 2. The van der Waals surface area contributed by atoms with Crippen molar-refractivity contribution in [3.05, 3.63) is 72.1 Å². The highest BCUT2D eigenvalue weighted by Crippen LogP contribution is 2.20. The summed E-state index contributed by atoms with van der Waals surface area (Å²) >= 11 is 1.31. The van der Waals surface area contributed by atoms with Gasteiger partial charge in [0.25, 0.3) is 0 Å². The fourth-order valence-corrected chi connectivity index (χ4v) is 3.20. The molecule has 0 radical (unpaired) electrons. The van der Waals surface area contributed by atoms with Crippen molar-refractivity contribution in [3.8, 4) is 0 Å². The molecular formula is C19H18N4O2S. The number of nitrogens with one attached hydrogen (secondary N) is 1. The van der Waals surface area contributed by atoms with Gasteiger partial charge < -0.3 is 9.88 Å². The lowest BCUT2D eigenvalue weighted by atomic mass is 10.0. The van der Waals surface area contributed by atoms with Crippen LogP contribution in [0, 0.1) is 0 Å². The second kappa shape index (κ2) is 8.44. The second-order valence-electron chi connectivity index (χ2n) is 5.48. The second-order valence-corrected chi connectivity index (χ2v) is 6.42. The minimum atomic E-state index is -0.200. The van der Waals surface area contributed by atoms with Crippen molar-refractivity contribution in [2.45, 2.75) is 18.6 Å². The van der Waals surface area contributed by atoms with Crippen molar-refractivity contribution in [1.29, 1.82) is 0 Å². The summed E-state index contributed by atoms with van der Waals surface area (Å²) in [6.07, 6.45) is 1.63. The first-order chi connectivity index (χ1) is 12.7. The average Bonchev–Trinajstić information content (AvgIpc) is 3.14. The third kappa shape index (κ3) is 4.18. The van der Waals surface area contributed by atoms with Gasteiger partial charge >= 0.3 is 0 Å². The van der Waals surface area contributed by atoms with E-state index in [-0.39, 0.29) is 17.4 Å². The summed E-state index contributed by atoms with van der Waals surface area (Å²) in [5, 5.41) is 11.3. The maximum atomic E-state index is 12.7. The van der Waals surface area contributed by atoms with Crippen LogP contribution in [0.25, 0.3) is 0 Å². The fraction of sp³-hybridized carbons (Fsp3) is 0.158. The molecule has 0 atom stereocenters. The lowest BCUT2D eigenvalue weighted by Crippen LogP contribution is -2.17. The summed E-state index contributed by atoms with van der Waals surface area (Å²) in [5.41, 5.74) is 1.55. The van der Waals surface area contributed by atoms with Gasteiger partial charge in [0.15, 0.2) is 10.9 Å². The Morgan fingerprint density at radius 1 is 1.08 bits per heavy atom. The number of hydrogen-bond acceptors (Lipinski definition) is 5. The van der Waals surface area contributed by atoms with Gasteiger partial charge in [-0.2, -0.15) is 0 Å². The maximum Gasteiger partial charge on any atom is 0.234 e. The van der Waals surface area contributed by atoms with Gasteiger partial charge in [-0.3, -0.25) is 9.59 Å². The Balaban J connectivity index is 1.70. The Morgan fingerprint density at radius 2 is 1.81 bits per heavy atom. The summed E-state index contributed by atoms with van der Waals surface area (Å²) in [6, 6.07) is 16.0. The van der Waals surface area contributed by atoms with Gasteiger partial charge in [-0.25, -0.2) is 0 Å². The van der Waals surface area contributed by atoms with Gasteiger partial charge in [0.05, 0.1) is 11.4 Å². The highest BCUT2D eigenvalue weighted by molar-refractivity contribution is 7.99. The van der Waals surface area contributed by atoms with Crippen LogP contribution in [0.5, 0.6) is 0 Å². The number of nitrogens with zero attached hydrogens (tertiary/aromatic N) is 3. The van der Waals surface area contributed by atoms with Crippen LogP contribution in [-0.2, 0) is 11.3 Å². The summed E-state index contributed by atoms with van der Waals surface area (Å²) in [4.78, 5) is 25.0. The number of thioether (sulfide) groups is 1. The minimum Gasteiger partial charge on any atom is -0.325 e. The SMILES string of the molecule is CCn1cnnc1SCC(=O)Nc1ccccc1C(=O)c1ccccc1. The van der Waals surface area contributed by atoms with Crippen LogP contribution < -0.4 is 5.32 Å². The van der Waals surface area contributed by atoms with E-state index in [1.165, 1.54) is 11.8 Å². The number of carbonyl (C=O) groups excluding carboxylic acids is 2. The topological polar surface area (TPSA) is 76.9 Å².